The molecule has 1 aliphatic rings. The molecule has 4 heteroatoms. The molecule has 1 saturated heterocycles. The zero-order valence-corrected chi connectivity index (χ0v) is 22.6. The summed E-state index contributed by atoms with van der Waals surface area (Å²) in [4.78, 5) is 28.3. The molecule has 196 valence electrons. The van der Waals surface area contributed by atoms with Crippen molar-refractivity contribution >= 4 is 11.8 Å². The van der Waals surface area contributed by atoms with Gasteiger partial charge in [-0.05, 0) is 66.2 Å². The number of hydrogen-bond donors (Lipinski definition) is 0. The summed E-state index contributed by atoms with van der Waals surface area (Å²) in [5.41, 5.74) is 2.46. The van der Waals surface area contributed by atoms with Crippen LogP contribution in [0.15, 0.2) is 83.5 Å². The van der Waals surface area contributed by atoms with E-state index < -0.39 is 0 Å². The minimum Gasteiger partial charge on any atom is -0.467 e. The van der Waals surface area contributed by atoms with Crippen LogP contribution in [0.2, 0.25) is 0 Å². The highest BCUT2D eigenvalue weighted by Gasteiger charge is 2.50. The van der Waals surface area contributed by atoms with Crippen LogP contribution < -0.4 is 0 Å². The summed E-state index contributed by atoms with van der Waals surface area (Å²) in [5, 5.41) is 0. The van der Waals surface area contributed by atoms with Crippen molar-refractivity contribution in [1.82, 2.24) is 4.90 Å². The molecule has 4 unspecified atom stereocenters. The lowest BCUT2D eigenvalue weighted by molar-refractivity contribution is -0.142. The lowest BCUT2D eigenvalue weighted by Gasteiger charge is -2.40. The number of carbonyl (C=O) groups is 2. The van der Waals surface area contributed by atoms with Gasteiger partial charge in [-0.2, -0.15) is 0 Å². The van der Waals surface area contributed by atoms with Gasteiger partial charge >= 0.3 is 0 Å². The molecule has 37 heavy (non-hydrogen) atoms. The number of hydrogen-bond acceptors (Lipinski definition) is 3. The van der Waals surface area contributed by atoms with Gasteiger partial charge in [-0.15, -0.1) is 0 Å². The predicted octanol–water partition coefficient (Wildman–Crippen LogP) is 8.11. The Morgan fingerprint density at radius 1 is 0.892 bits per heavy atom. The fourth-order valence-electron chi connectivity index (χ4n) is 6.26. The summed E-state index contributed by atoms with van der Waals surface area (Å²) in [6.45, 7) is 6.99. The molecule has 0 bridgehead atoms. The highest BCUT2D eigenvalue weighted by Crippen LogP contribution is 2.49. The maximum atomic E-state index is 13.8. The molecule has 3 aromatic rings. The molecule has 4 atom stereocenters. The number of unbranched alkanes of at least 4 members (excludes halogenated alkanes) is 1. The van der Waals surface area contributed by atoms with Crippen LogP contribution in [0, 0.1) is 11.3 Å². The number of imide groups is 1. The van der Waals surface area contributed by atoms with E-state index in [1.807, 2.05) is 12.1 Å². The van der Waals surface area contributed by atoms with Crippen molar-refractivity contribution < 1.29 is 14.0 Å². The lowest BCUT2D eigenvalue weighted by Crippen LogP contribution is -2.38. The van der Waals surface area contributed by atoms with E-state index in [4.69, 9.17) is 4.42 Å². The predicted molar refractivity (Wildman–Crippen MR) is 148 cm³/mol. The fourth-order valence-corrected chi connectivity index (χ4v) is 6.26. The number of rotatable bonds is 13. The minimum absolute atomic E-state index is 0.0267. The Balaban J connectivity index is 1.50. The fraction of sp³-hybridized carbons (Fsp3) is 0.455. The van der Waals surface area contributed by atoms with Gasteiger partial charge in [0.15, 0.2) is 0 Å². The van der Waals surface area contributed by atoms with E-state index in [2.05, 4.69) is 75.4 Å². The molecule has 1 aromatic heterocycles. The topological polar surface area (TPSA) is 50.5 Å². The molecular formula is C33H41NO3. The first kappa shape index (κ1) is 26.9. The second kappa shape index (κ2) is 12.4. The number of likely N-dealkylation sites (tertiary alicyclic amines) is 1. The van der Waals surface area contributed by atoms with Gasteiger partial charge in [0.2, 0.25) is 11.8 Å². The summed E-state index contributed by atoms with van der Waals surface area (Å²) >= 11 is 0. The summed E-state index contributed by atoms with van der Waals surface area (Å²) in [6, 6.07) is 24.9. The molecule has 0 aliphatic carbocycles. The summed E-state index contributed by atoms with van der Waals surface area (Å²) in [5.74, 6) is 1.09. The van der Waals surface area contributed by atoms with Crippen molar-refractivity contribution in [2.75, 3.05) is 0 Å². The van der Waals surface area contributed by atoms with Crippen LogP contribution >= 0.6 is 0 Å². The Morgan fingerprint density at radius 2 is 1.54 bits per heavy atom. The van der Waals surface area contributed by atoms with Crippen molar-refractivity contribution in [1.29, 1.82) is 0 Å². The van der Waals surface area contributed by atoms with E-state index in [-0.39, 0.29) is 29.7 Å². The molecule has 0 N–H and O–H groups in total. The molecule has 2 heterocycles. The zero-order chi connectivity index (χ0) is 26.3. The SMILES string of the molecule is CCC(CCCCC(C)c1ccccc1)(CC(C)c1ccccc1)C1CC(=O)N(Cc2ccco2)C1=O. The first-order valence-corrected chi connectivity index (χ1v) is 13.9. The van der Waals surface area contributed by atoms with E-state index in [0.29, 0.717) is 24.0 Å². The highest BCUT2D eigenvalue weighted by atomic mass is 16.3. The Morgan fingerprint density at radius 3 is 2.14 bits per heavy atom. The minimum atomic E-state index is -0.280. The van der Waals surface area contributed by atoms with Gasteiger partial charge in [0.25, 0.3) is 0 Å². The van der Waals surface area contributed by atoms with Crippen LogP contribution in [0.4, 0.5) is 0 Å². The van der Waals surface area contributed by atoms with Crippen molar-refractivity contribution in [2.24, 2.45) is 11.3 Å². The van der Waals surface area contributed by atoms with Gasteiger partial charge in [0.05, 0.1) is 18.7 Å². The maximum absolute atomic E-state index is 13.8. The van der Waals surface area contributed by atoms with E-state index in [1.165, 1.54) is 16.0 Å². The van der Waals surface area contributed by atoms with Gasteiger partial charge in [0.1, 0.15) is 5.76 Å². The monoisotopic (exact) mass is 499 g/mol. The number of furan rings is 1. The van der Waals surface area contributed by atoms with E-state index in [1.54, 1.807) is 12.3 Å². The average molecular weight is 500 g/mol. The van der Waals surface area contributed by atoms with Crippen LogP contribution in [0.3, 0.4) is 0 Å². The Labute approximate surface area is 222 Å². The standard InChI is InChI=1S/C33H41NO3/c1-4-33(23-26(3)28-17-9-6-10-18-28,20-12-11-14-25(2)27-15-7-5-8-16-27)30-22-31(35)34(32(30)36)24-29-19-13-21-37-29/h5-10,13,15-19,21,25-26,30H,4,11-12,14,20,22-24H2,1-3H3. The Hall–Kier alpha value is -3.14. The largest absolute Gasteiger partial charge is 0.467 e. The van der Waals surface area contributed by atoms with E-state index in [0.717, 1.165) is 38.5 Å². The van der Waals surface area contributed by atoms with Crippen LogP contribution in [-0.2, 0) is 16.1 Å². The zero-order valence-electron chi connectivity index (χ0n) is 22.6. The Bertz CT molecular complexity index is 1120. The normalized spacial score (nSPS) is 19.1. The number of amides is 2. The Kier molecular flexibility index (Phi) is 9.02. The average Bonchev–Trinajstić information content (AvgIpc) is 3.55. The summed E-state index contributed by atoms with van der Waals surface area (Å²) < 4.78 is 5.45. The second-order valence-electron chi connectivity index (χ2n) is 10.9. The molecule has 4 nitrogen and oxygen atoms in total. The first-order valence-electron chi connectivity index (χ1n) is 13.9. The smallest absolute Gasteiger partial charge is 0.233 e. The maximum Gasteiger partial charge on any atom is 0.233 e. The number of benzene rings is 2. The molecule has 0 saturated carbocycles. The van der Waals surface area contributed by atoms with Gasteiger partial charge in [-0.3, -0.25) is 14.5 Å². The molecule has 2 aromatic carbocycles. The van der Waals surface area contributed by atoms with E-state index in [9.17, 15) is 9.59 Å². The van der Waals surface area contributed by atoms with Crippen molar-refractivity contribution in [3.8, 4) is 0 Å². The molecule has 0 spiro atoms. The number of carbonyl (C=O) groups excluding carboxylic acids is 2. The third-order valence-electron chi connectivity index (χ3n) is 8.59. The molecule has 1 aliphatic heterocycles. The van der Waals surface area contributed by atoms with Crippen LogP contribution in [0.25, 0.3) is 0 Å². The number of nitrogens with zero attached hydrogens (tertiary/aromatic N) is 1. The van der Waals surface area contributed by atoms with Crippen molar-refractivity contribution in [3.05, 3.63) is 95.9 Å². The quantitative estimate of drug-likeness (QED) is 0.176. The molecule has 1 fully saturated rings. The molecule has 2 amide bonds. The molecule has 4 rings (SSSR count). The summed E-state index contributed by atoms with van der Waals surface area (Å²) in [6.07, 6.45) is 7.93. The van der Waals surface area contributed by atoms with Gasteiger partial charge in [-0.1, -0.05) is 94.3 Å². The van der Waals surface area contributed by atoms with Crippen molar-refractivity contribution in [3.63, 3.8) is 0 Å². The van der Waals surface area contributed by atoms with Crippen LogP contribution in [0.1, 0.15) is 94.4 Å². The first-order chi connectivity index (χ1) is 17.9. The van der Waals surface area contributed by atoms with Gasteiger partial charge in [-0.25, -0.2) is 0 Å². The third-order valence-corrected chi connectivity index (χ3v) is 8.59. The van der Waals surface area contributed by atoms with E-state index >= 15 is 0 Å². The van der Waals surface area contributed by atoms with Crippen LogP contribution in [0.5, 0.6) is 0 Å². The molecular weight excluding hydrogens is 458 g/mol. The lowest BCUT2D eigenvalue weighted by atomic mass is 9.64. The molecule has 0 radical (unpaired) electrons. The van der Waals surface area contributed by atoms with Gasteiger partial charge in [0, 0.05) is 6.42 Å². The van der Waals surface area contributed by atoms with Crippen LogP contribution in [-0.4, -0.2) is 16.7 Å². The highest BCUT2D eigenvalue weighted by molar-refractivity contribution is 6.03. The third kappa shape index (κ3) is 6.41. The van der Waals surface area contributed by atoms with Gasteiger partial charge < -0.3 is 4.42 Å². The summed E-state index contributed by atoms with van der Waals surface area (Å²) in [7, 11) is 0. The van der Waals surface area contributed by atoms with Crippen molar-refractivity contribution in [2.45, 2.75) is 84.1 Å². The second-order valence-corrected chi connectivity index (χ2v) is 10.9.